The molecule has 0 N–H and O–H groups in total. The van der Waals surface area contributed by atoms with Crippen molar-refractivity contribution in [1.82, 2.24) is 4.57 Å². The molecule has 3 nitrogen and oxygen atoms in total. The molecule has 0 saturated carbocycles. The van der Waals surface area contributed by atoms with E-state index in [-0.39, 0.29) is 0 Å². The highest BCUT2D eigenvalue weighted by Crippen LogP contribution is 2.24. The predicted molar refractivity (Wildman–Crippen MR) is 91.6 cm³/mol. The zero-order valence-corrected chi connectivity index (χ0v) is 13.6. The van der Waals surface area contributed by atoms with Crippen LogP contribution in [0, 0.1) is 0 Å². The maximum Gasteiger partial charge on any atom is 0.166 e. The van der Waals surface area contributed by atoms with Crippen LogP contribution in [0.25, 0.3) is 10.9 Å². The molecule has 22 heavy (non-hydrogen) atoms. The molecule has 0 aliphatic rings. The number of para-hydroxylation sites is 2. The lowest BCUT2D eigenvalue weighted by Crippen LogP contribution is -2.07. The Morgan fingerprint density at radius 2 is 1.86 bits per heavy atom. The number of halogens is 1. The van der Waals surface area contributed by atoms with Gasteiger partial charge in [-0.05, 0) is 46.6 Å². The number of benzene rings is 2. The second-order valence-electron chi connectivity index (χ2n) is 5.03. The molecule has 4 heteroatoms. The summed E-state index contributed by atoms with van der Waals surface area (Å²) in [4.78, 5) is 11.2. The number of hydrogen-bond donors (Lipinski definition) is 0. The van der Waals surface area contributed by atoms with E-state index < -0.39 is 0 Å². The van der Waals surface area contributed by atoms with Gasteiger partial charge in [0.05, 0.1) is 16.8 Å². The number of nitrogens with zero attached hydrogens (tertiary/aromatic N) is 1. The van der Waals surface area contributed by atoms with Crippen molar-refractivity contribution in [2.75, 3.05) is 6.61 Å². The Balaban J connectivity index is 1.67. The Bertz CT molecular complexity index is 795. The average Bonchev–Trinajstić information content (AvgIpc) is 2.91. The van der Waals surface area contributed by atoms with Crippen LogP contribution in [-0.2, 0) is 6.54 Å². The zero-order chi connectivity index (χ0) is 15.4. The van der Waals surface area contributed by atoms with Crippen molar-refractivity contribution in [2.24, 2.45) is 0 Å². The number of ether oxygens (including phenoxy) is 1. The number of rotatable bonds is 6. The molecule has 0 aliphatic carbocycles. The van der Waals surface area contributed by atoms with Gasteiger partial charge in [-0.1, -0.05) is 30.3 Å². The van der Waals surface area contributed by atoms with Crippen molar-refractivity contribution in [3.05, 3.63) is 64.8 Å². The lowest BCUT2D eigenvalue weighted by atomic mass is 10.2. The fraction of sp³-hybridized carbons (Fsp3) is 0.167. The summed E-state index contributed by atoms with van der Waals surface area (Å²) in [6, 6.07) is 17.8. The van der Waals surface area contributed by atoms with Crippen LogP contribution in [0.3, 0.4) is 0 Å². The van der Waals surface area contributed by atoms with Gasteiger partial charge in [-0.3, -0.25) is 4.79 Å². The van der Waals surface area contributed by atoms with Gasteiger partial charge in [0.1, 0.15) is 5.75 Å². The first-order valence-electron chi connectivity index (χ1n) is 7.20. The van der Waals surface area contributed by atoms with Gasteiger partial charge in [0.15, 0.2) is 6.29 Å². The van der Waals surface area contributed by atoms with Crippen molar-refractivity contribution in [3.63, 3.8) is 0 Å². The summed E-state index contributed by atoms with van der Waals surface area (Å²) in [5.74, 6) is 0.843. The van der Waals surface area contributed by atoms with Gasteiger partial charge in [0.25, 0.3) is 0 Å². The largest absolute Gasteiger partial charge is 0.492 e. The van der Waals surface area contributed by atoms with Gasteiger partial charge in [-0.2, -0.15) is 0 Å². The molecule has 112 valence electrons. The molecule has 3 aromatic rings. The topological polar surface area (TPSA) is 31.2 Å². The van der Waals surface area contributed by atoms with Gasteiger partial charge in [-0.15, -0.1) is 0 Å². The van der Waals surface area contributed by atoms with E-state index in [1.54, 1.807) is 0 Å². The summed E-state index contributed by atoms with van der Waals surface area (Å²) in [5.41, 5.74) is 1.80. The fourth-order valence-corrected chi connectivity index (χ4v) is 2.94. The number of aryl methyl sites for hydroxylation is 1. The van der Waals surface area contributed by atoms with Crippen molar-refractivity contribution in [1.29, 1.82) is 0 Å². The van der Waals surface area contributed by atoms with Crippen LogP contribution >= 0.6 is 15.9 Å². The molecule has 1 heterocycles. The quantitative estimate of drug-likeness (QED) is 0.473. The lowest BCUT2D eigenvalue weighted by Gasteiger charge is -2.10. The van der Waals surface area contributed by atoms with E-state index in [0.29, 0.717) is 12.3 Å². The van der Waals surface area contributed by atoms with Gasteiger partial charge in [0.2, 0.25) is 0 Å². The minimum Gasteiger partial charge on any atom is -0.492 e. The van der Waals surface area contributed by atoms with E-state index in [1.165, 1.54) is 0 Å². The third kappa shape index (κ3) is 3.07. The maximum absolute atomic E-state index is 11.2. The Morgan fingerprint density at radius 1 is 1.09 bits per heavy atom. The molecule has 1 aromatic heterocycles. The molecule has 0 radical (unpaired) electrons. The molecule has 0 atom stereocenters. The molecule has 0 bridgehead atoms. The number of aldehydes is 1. The summed E-state index contributed by atoms with van der Waals surface area (Å²) in [6.45, 7) is 1.36. The second-order valence-corrected chi connectivity index (χ2v) is 5.88. The van der Waals surface area contributed by atoms with Gasteiger partial charge < -0.3 is 9.30 Å². The van der Waals surface area contributed by atoms with Gasteiger partial charge >= 0.3 is 0 Å². The first kappa shape index (κ1) is 14.9. The van der Waals surface area contributed by atoms with E-state index in [4.69, 9.17) is 4.74 Å². The Hall–Kier alpha value is -2.07. The van der Waals surface area contributed by atoms with Crippen LogP contribution in [-0.4, -0.2) is 17.5 Å². The normalized spacial score (nSPS) is 10.8. The number of fused-ring (bicyclic) bond motifs is 1. The molecule has 0 fully saturated rings. The van der Waals surface area contributed by atoms with Gasteiger partial charge in [-0.25, -0.2) is 0 Å². The molecule has 0 spiro atoms. The molecular weight excluding hydrogens is 342 g/mol. The smallest absolute Gasteiger partial charge is 0.166 e. The highest BCUT2D eigenvalue weighted by Gasteiger charge is 2.07. The summed E-state index contributed by atoms with van der Waals surface area (Å²) < 4.78 is 8.77. The second kappa shape index (κ2) is 6.79. The standard InChI is InChI=1S/C18H16BrNO2/c19-16-7-2-4-9-18(16)22-11-5-10-20-15(13-21)12-14-6-1-3-8-17(14)20/h1-4,6-9,12-13H,5,10-11H2. The van der Waals surface area contributed by atoms with E-state index in [9.17, 15) is 4.79 Å². The van der Waals surface area contributed by atoms with Crippen molar-refractivity contribution in [2.45, 2.75) is 13.0 Å². The van der Waals surface area contributed by atoms with Crippen LogP contribution in [0.1, 0.15) is 16.9 Å². The maximum atomic E-state index is 11.2. The highest BCUT2D eigenvalue weighted by atomic mass is 79.9. The minimum absolute atomic E-state index is 0.605. The zero-order valence-electron chi connectivity index (χ0n) is 12.0. The molecule has 2 aromatic carbocycles. The number of carbonyl (C=O) groups is 1. The van der Waals surface area contributed by atoms with Gasteiger partial charge in [0, 0.05) is 17.4 Å². The fourth-order valence-electron chi connectivity index (χ4n) is 2.55. The van der Waals surface area contributed by atoms with E-state index in [0.717, 1.165) is 40.4 Å². The van der Waals surface area contributed by atoms with E-state index in [2.05, 4.69) is 15.9 Å². The SMILES string of the molecule is O=Cc1cc2ccccc2n1CCCOc1ccccc1Br. The van der Waals surface area contributed by atoms with E-state index >= 15 is 0 Å². The van der Waals surface area contributed by atoms with Crippen molar-refractivity contribution < 1.29 is 9.53 Å². The van der Waals surface area contributed by atoms with Crippen LogP contribution in [0.4, 0.5) is 0 Å². The first-order valence-corrected chi connectivity index (χ1v) is 7.99. The molecule has 0 amide bonds. The number of hydrogen-bond acceptors (Lipinski definition) is 2. The van der Waals surface area contributed by atoms with Crippen LogP contribution < -0.4 is 4.74 Å². The third-order valence-corrected chi connectivity index (χ3v) is 4.24. The summed E-state index contributed by atoms with van der Waals surface area (Å²) >= 11 is 3.47. The predicted octanol–water partition coefficient (Wildman–Crippen LogP) is 4.69. The molecule has 0 saturated heterocycles. The molecule has 0 unspecified atom stereocenters. The molecule has 0 aliphatic heterocycles. The third-order valence-electron chi connectivity index (χ3n) is 3.58. The van der Waals surface area contributed by atoms with Crippen molar-refractivity contribution >= 4 is 33.1 Å². The van der Waals surface area contributed by atoms with E-state index in [1.807, 2.05) is 59.2 Å². The monoisotopic (exact) mass is 357 g/mol. The molecule has 3 rings (SSSR count). The Labute approximate surface area is 137 Å². The Kier molecular flexibility index (Phi) is 4.59. The highest BCUT2D eigenvalue weighted by molar-refractivity contribution is 9.10. The van der Waals surface area contributed by atoms with Crippen molar-refractivity contribution in [3.8, 4) is 5.75 Å². The number of aromatic nitrogens is 1. The number of carbonyl (C=O) groups excluding carboxylic acids is 1. The van der Waals surface area contributed by atoms with Crippen LogP contribution in [0.2, 0.25) is 0 Å². The van der Waals surface area contributed by atoms with Crippen LogP contribution in [0.5, 0.6) is 5.75 Å². The lowest BCUT2D eigenvalue weighted by molar-refractivity contribution is 0.111. The average molecular weight is 358 g/mol. The minimum atomic E-state index is 0.605. The summed E-state index contributed by atoms with van der Waals surface area (Å²) in [5, 5.41) is 1.09. The first-order chi connectivity index (χ1) is 10.8. The summed E-state index contributed by atoms with van der Waals surface area (Å²) in [7, 11) is 0. The van der Waals surface area contributed by atoms with Crippen LogP contribution in [0.15, 0.2) is 59.1 Å². The summed E-state index contributed by atoms with van der Waals surface area (Å²) in [6.07, 6.45) is 1.75. The Morgan fingerprint density at radius 3 is 2.68 bits per heavy atom. The molecular formula is C18H16BrNO2.